The lowest BCUT2D eigenvalue weighted by Crippen LogP contribution is -2.39. The van der Waals surface area contributed by atoms with Crippen molar-refractivity contribution < 1.29 is 13.2 Å². The van der Waals surface area contributed by atoms with Crippen molar-refractivity contribution in [1.29, 1.82) is 0 Å². The molecule has 2 aromatic rings. The highest BCUT2D eigenvalue weighted by Crippen LogP contribution is 2.29. The number of benzene rings is 2. The van der Waals surface area contributed by atoms with Crippen molar-refractivity contribution in [2.45, 2.75) is 24.9 Å². The lowest BCUT2D eigenvalue weighted by atomic mass is 9.94. The number of hydrogen-bond donors (Lipinski definition) is 2. The van der Waals surface area contributed by atoms with Crippen LogP contribution in [0.5, 0.6) is 0 Å². The van der Waals surface area contributed by atoms with Crippen molar-refractivity contribution in [1.82, 2.24) is 10.0 Å². The average molecular weight is 427 g/mol. The molecule has 160 valence electrons. The molecule has 6 heteroatoms. The molecule has 3 rings (SSSR count). The molecule has 2 aromatic carbocycles. The monoisotopic (exact) mass is 426 g/mol. The zero-order chi connectivity index (χ0) is 21.2. The lowest BCUT2D eigenvalue weighted by molar-refractivity contribution is 0.152. The van der Waals surface area contributed by atoms with Gasteiger partial charge in [-0.25, -0.2) is 13.1 Å². The molecule has 0 saturated heterocycles. The van der Waals surface area contributed by atoms with E-state index in [9.17, 15) is 8.42 Å². The molecule has 0 heterocycles. The van der Waals surface area contributed by atoms with E-state index < -0.39 is 16.1 Å². The standard InChI is InChI=1S/C24H30N2O3S/c1-30(27,28)26-24(22-15-9-4-10-16-22)23(21-13-7-3-8-14-21)25-17-18-29-19-20-11-5-2-6-12-20/h2-5,7-10,12-16,23-26H,6,11,17-19H2,1H3/t23-,24+/m0/s1. The molecular weight excluding hydrogens is 396 g/mol. The summed E-state index contributed by atoms with van der Waals surface area (Å²) < 4.78 is 32.9. The van der Waals surface area contributed by atoms with E-state index in [0.717, 1.165) is 24.0 Å². The molecule has 0 bridgehead atoms. The van der Waals surface area contributed by atoms with E-state index in [-0.39, 0.29) is 6.04 Å². The second kappa shape index (κ2) is 11.2. The number of rotatable bonds is 11. The Balaban J connectivity index is 1.71. The molecule has 0 amide bonds. The van der Waals surface area contributed by atoms with Crippen molar-refractivity contribution in [2.24, 2.45) is 0 Å². The molecule has 5 nitrogen and oxygen atoms in total. The third-order valence-electron chi connectivity index (χ3n) is 4.98. The van der Waals surface area contributed by atoms with Crippen LogP contribution in [0.1, 0.15) is 36.1 Å². The Morgan fingerprint density at radius 3 is 2.13 bits per heavy atom. The zero-order valence-corrected chi connectivity index (χ0v) is 18.1. The van der Waals surface area contributed by atoms with Crippen LogP contribution in [0, 0.1) is 0 Å². The highest BCUT2D eigenvalue weighted by Gasteiger charge is 2.27. The van der Waals surface area contributed by atoms with Crippen LogP contribution < -0.4 is 10.0 Å². The molecule has 0 aromatic heterocycles. The first-order chi connectivity index (χ1) is 14.5. The van der Waals surface area contributed by atoms with E-state index in [1.54, 1.807) is 0 Å². The van der Waals surface area contributed by atoms with Gasteiger partial charge in [-0.05, 0) is 29.5 Å². The van der Waals surface area contributed by atoms with Gasteiger partial charge in [0.25, 0.3) is 0 Å². The van der Waals surface area contributed by atoms with Gasteiger partial charge in [0.1, 0.15) is 0 Å². The second-order valence-electron chi connectivity index (χ2n) is 7.45. The number of allylic oxidation sites excluding steroid dienone is 3. The van der Waals surface area contributed by atoms with E-state index >= 15 is 0 Å². The summed E-state index contributed by atoms with van der Waals surface area (Å²) in [4.78, 5) is 0. The van der Waals surface area contributed by atoms with Crippen LogP contribution in [0.4, 0.5) is 0 Å². The molecule has 1 aliphatic carbocycles. The summed E-state index contributed by atoms with van der Waals surface area (Å²) in [6.07, 6.45) is 9.66. The molecule has 0 spiro atoms. The van der Waals surface area contributed by atoms with Gasteiger partial charge in [-0.3, -0.25) is 0 Å². The van der Waals surface area contributed by atoms with Gasteiger partial charge < -0.3 is 10.1 Å². The quantitative estimate of drug-likeness (QED) is 0.422. The van der Waals surface area contributed by atoms with Crippen molar-refractivity contribution in [3.05, 3.63) is 95.6 Å². The zero-order valence-electron chi connectivity index (χ0n) is 17.3. The molecule has 0 aliphatic heterocycles. The van der Waals surface area contributed by atoms with Crippen LogP contribution >= 0.6 is 0 Å². The predicted octanol–water partition coefficient (Wildman–Crippen LogP) is 3.90. The van der Waals surface area contributed by atoms with Gasteiger partial charge in [-0.2, -0.15) is 0 Å². The Morgan fingerprint density at radius 2 is 1.57 bits per heavy atom. The summed E-state index contributed by atoms with van der Waals surface area (Å²) in [5.41, 5.74) is 3.23. The highest BCUT2D eigenvalue weighted by molar-refractivity contribution is 7.88. The van der Waals surface area contributed by atoms with Crippen molar-refractivity contribution in [3.8, 4) is 0 Å². The minimum absolute atomic E-state index is 0.233. The minimum Gasteiger partial charge on any atom is -0.376 e. The number of ether oxygens (including phenoxy) is 1. The van der Waals surface area contributed by atoms with Gasteiger partial charge in [0, 0.05) is 6.54 Å². The van der Waals surface area contributed by atoms with Crippen molar-refractivity contribution in [2.75, 3.05) is 26.0 Å². The van der Waals surface area contributed by atoms with Crippen LogP contribution in [0.2, 0.25) is 0 Å². The van der Waals surface area contributed by atoms with Gasteiger partial charge in [0.2, 0.25) is 10.0 Å². The SMILES string of the molecule is CS(=O)(=O)N[C@H](c1ccccc1)[C@@H](NCCOCC1=CCC=CC1)c1ccccc1. The van der Waals surface area contributed by atoms with Gasteiger partial charge >= 0.3 is 0 Å². The first-order valence-electron chi connectivity index (χ1n) is 10.2. The van der Waals surface area contributed by atoms with Crippen LogP contribution in [0.25, 0.3) is 0 Å². The number of sulfonamides is 1. The normalized spacial score (nSPS) is 16.1. The largest absolute Gasteiger partial charge is 0.376 e. The summed E-state index contributed by atoms with van der Waals surface area (Å²) in [5, 5.41) is 3.51. The van der Waals surface area contributed by atoms with Crippen LogP contribution in [0.15, 0.2) is 84.5 Å². The van der Waals surface area contributed by atoms with Gasteiger partial charge in [0.15, 0.2) is 0 Å². The first-order valence-corrected chi connectivity index (χ1v) is 12.1. The molecule has 2 N–H and O–H groups in total. The maximum atomic E-state index is 12.1. The summed E-state index contributed by atoms with van der Waals surface area (Å²) in [6, 6.07) is 18.9. The van der Waals surface area contributed by atoms with Gasteiger partial charge in [-0.1, -0.05) is 78.9 Å². The van der Waals surface area contributed by atoms with Crippen LogP contribution in [-0.2, 0) is 14.8 Å². The summed E-state index contributed by atoms with van der Waals surface area (Å²) in [7, 11) is -3.41. The summed E-state index contributed by atoms with van der Waals surface area (Å²) in [6.45, 7) is 1.79. The summed E-state index contributed by atoms with van der Waals surface area (Å²) in [5.74, 6) is 0. The molecule has 0 radical (unpaired) electrons. The number of nitrogens with one attached hydrogen (secondary N) is 2. The fourth-order valence-corrected chi connectivity index (χ4v) is 4.30. The molecule has 0 saturated carbocycles. The minimum atomic E-state index is -3.41. The van der Waals surface area contributed by atoms with E-state index in [1.807, 2.05) is 60.7 Å². The molecular formula is C24H30N2O3S. The van der Waals surface area contributed by atoms with E-state index in [2.05, 4.69) is 28.3 Å². The highest BCUT2D eigenvalue weighted by atomic mass is 32.2. The van der Waals surface area contributed by atoms with Crippen molar-refractivity contribution >= 4 is 10.0 Å². The van der Waals surface area contributed by atoms with E-state index in [0.29, 0.717) is 19.8 Å². The van der Waals surface area contributed by atoms with Gasteiger partial charge in [-0.15, -0.1) is 0 Å². The average Bonchev–Trinajstić information content (AvgIpc) is 2.76. The van der Waals surface area contributed by atoms with E-state index in [4.69, 9.17) is 4.74 Å². The van der Waals surface area contributed by atoms with Crippen LogP contribution in [0.3, 0.4) is 0 Å². The Hall–Kier alpha value is -2.25. The number of hydrogen-bond acceptors (Lipinski definition) is 4. The first kappa shape index (κ1) is 22.4. The predicted molar refractivity (Wildman–Crippen MR) is 122 cm³/mol. The third-order valence-corrected chi connectivity index (χ3v) is 5.66. The Morgan fingerprint density at radius 1 is 0.933 bits per heavy atom. The molecule has 1 aliphatic rings. The maximum Gasteiger partial charge on any atom is 0.209 e. The lowest BCUT2D eigenvalue weighted by Gasteiger charge is -2.29. The second-order valence-corrected chi connectivity index (χ2v) is 9.23. The smallest absolute Gasteiger partial charge is 0.209 e. The van der Waals surface area contributed by atoms with Crippen LogP contribution in [-0.4, -0.2) is 34.4 Å². The molecule has 0 unspecified atom stereocenters. The van der Waals surface area contributed by atoms with E-state index in [1.165, 1.54) is 11.8 Å². The fraction of sp³-hybridized carbons (Fsp3) is 0.333. The third kappa shape index (κ3) is 7.22. The Bertz CT molecular complexity index is 941. The molecule has 0 fully saturated rings. The summed E-state index contributed by atoms with van der Waals surface area (Å²) >= 11 is 0. The van der Waals surface area contributed by atoms with Crippen molar-refractivity contribution in [3.63, 3.8) is 0 Å². The molecule has 30 heavy (non-hydrogen) atoms. The Kier molecular flexibility index (Phi) is 8.39. The maximum absolute atomic E-state index is 12.1. The topological polar surface area (TPSA) is 67.4 Å². The van der Waals surface area contributed by atoms with Gasteiger partial charge in [0.05, 0.1) is 31.6 Å². The fourth-order valence-electron chi connectivity index (χ4n) is 3.56. The Labute approximate surface area is 179 Å². The molecule has 2 atom stereocenters.